The van der Waals surface area contributed by atoms with Gasteiger partial charge in [-0.05, 0) is 29.8 Å². The number of piperazine rings is 1. The molecule has 0 radical (unpaired) electrons. The molecule has 3 aromatic rings. The third-order valence-electron chi connectivity index (χ3n) is 4.76. The number of aromatic nitrogens is 1. The van der Waals surface area contributed by atoms with Gasteiger partial charge in [-0.25, -0.2) is 0 Å². The molecule has 1 saturated heterocycles. The van der Waals surface area contributed by atoms with Gasteiger partial charge >= 0.3 is 0 Å². The van der Waals surface area contributed by atoms with Crippen LogP contribution in [0.25, 0.3) is 10.9 Å². The lowest BCUT2D eigenvalue weighted by atomic mass is 9.98. The second kappa shape index (κ2) is 8.73. The van der Waals surface area contributed by atoms with E-state index in [1.807, 2.05) is 50.2 Å². The third kappa shape index (κ3) is 3.83. The van der Waals surface area contributed by atoms with Crippen LogP contribution in [0.1, 0.15) is 25.5 Å². The lowest BCUT2D eigenvalue weighted by Crippen LogP contribution is -2.46. The molecule has 0 spiro atoms. The molecule has 4 rings (SSSR count). The van der Waals surface area contributed by atoms with E-state index in [4.69, 9.17) is 4.74 Å². The van der Waals surface area contributed by atoms with Crippen LogP contribution in [0, 0.1) is 0 Å². The van der Waals surface area contributed by atoms with Gasteiger partial charge in [-0.2, -0.15) is 0 Å². The van der Waals surface area contributed by atoms with Crippen molar-refractivity contribution in [2.75, 3.05) is 31.6 Å². The fraction of sp³-hybridized carbons (Fsp3) is 0.318. The zero-order valence-corrected chi connectivity index (χ0v) is 16.1. The number of hydrogen-bond acceptors (Lipinski definition) is 5. The van der Waals surface area contributed by atoms with Gasteiger partial charge in [0.15, 0.2) is 0 Å². The Labute approximate surface area is 160 Å². The summed E-state index contributed by atoms with van der Waals surface area (Å²) in [5.74, 6) is 1.11. The predicted octanol–water partition coefficient (Wildman–Crippen LogP) is 4.13. The Hall–Kier alpha value is -2.79. The number of nitrogens with zero attached hydrogens (tertiary/aromatic N) is 2. The van der Waals surface area contributed by atoms with Crippen LogP contribution in [-0.2, 0) is 0 Å². The summed E-state index contributed by atoms with van der Waals surface area (Å²) in [5, 5.41) is 14.7. The normalized spacial score (nSPS) is 16.6. The van der Waals surface area contributed by atoms with Gasteiger partial charge in [0.05, 0.1) is 18.8 Å². The first kappa shape index (κ1) is 19.0. The largest absolute Gasteiger partial charge is 0.506 e. The first-order chi connectivity index (χ1) is 13.3. The minimum Gasteiger partial charge on any atom is -0.506 e. The molecule has 1 fully saturated rings. The van der Waals surface area contributed by atoms with Gasteiger partial charge in [-0.15, -0.1) is 0 Å². The van der Waals surface area contributed by atoms with Crippen molar-refractivity contribution in [1.29, 1.82) is 0 Å². The molecule has 27 heavy (non-hydrogen) atoms. The maximum absolute atomic E-state index is 10.1. The van der Waals surface area contributed by atoms with Crippen LogP contribution in [0.2, 0.25) is 0 Å². The fourth-order valence-corrected chi connectivity index (χ4v) is 3.55. The summed E-state index contributed by atoms with van der Waals surface area (Å²) in [7, 11) is 1.71. The van der Waals surface area contributed by atoms with Crippen LogP contribution < -0.4 is 15.0 Å². The SMILES string of the molecule is CC.COc1ccccc1N1CCNC(c2ccc(O)c3ncccc23)C1. The fourth-order valence-electron chi connectivity index (χ4n) is 3.55. The summed E-state index contributed by atoms with van der Waals surface area (Å²) in [6, 6.07) is 15.9. The van der Waals surface area contributed by atoms with Crippen molar-refractivity contribution in [3.8, 4) is 11.5 Å². The van der Waals surface area contributed by atoms with E-state index in [-0.39, 0.29) is 11.8 Å². The minimum atomic E-state index is 0.158. The molecule has 2 aromatic carbocycles. The lowest BCUT2D eigenvalue weighted by Gasteiger charge is -2.36. The number of ether oxygens (including phenoxy) is 1. The van der Waals surface area contributed by atoms with Crippen LogP contribution in [0.5, 0.6) is 11.5 Å². The van der Waals surface area contributed by atoms with Crippen molar-refractivity contribution in [2.45, 2.75) is 19.9 Å². The van der Waals surface area contributed by atoms with Gasteiger partial charge < -0.3 is 20.1 Å². The standard InChI is InChI=1S/C20H21N3O2.C2H6/c1-25-19-7-3-2-6-17(19)23-12-11-21-16(13-23)14-8-9-18(24)20-15(14)5-4-10-22-20;1-2/h2-10,16,21,24H,11-13H2,1H3;1-2H3. The number of phenolic OH excluding ortho intramolecular Hbond substituents is 1. The van der Waals surface area contributed by atoms with Gasteiger partial charge in [0.2, 0.25) is 0 Å². The molecule has 1 aromatic heterocycles. The highest BCUT2D eigenvalue weighted by Gasteiger charge is 2.24. The second-order valence-corrected chi connectivity index (χ2v) is 6.20. The van der Waals surface area contributed by atoms with E-state index in [0.29, 0.717) is 5.52 Å². The van der Waals surface area contributed by atoms with Crippen LogP contribution >= 0.6 is 0 Å². The van der Waals surface area contributed by atoms with Gasteiger partial charge in [0.25, 0.3) is 0 Å². The molecule has 0 bridgehead atoms. The van der Waals surface area contributed by atoms with E-state index in [9.17, 15) is 5.11 Å². The highest BCUT2D eigenvalue weighted by Crippen LogP contribution is 2.34. The number of pyridine rings is 1. The molecule has 2 N–H and O–H groups in total. The van der Waals surface area contributed by atoms with Gasteiger partial charge in [-0.3, -0.25) is 4.98 Å². The van der Waals surface area contributed by atoms with Crippen LogP contribution in [0.15, 0.2) is 54.7 Å². The Kier molecular flexibility index (Phi) is 6.14. The number of aromatic hydroxyl groups is 1. The smallest absolute Gasteiger partial charge is 0.142 e. The Morgan fingerprint density at radius 3 is 2.74 bits per heavy atom. The maximum Gasteiger partial charge on any atom is 0.142 e. The number of nitrogens with one attached hydrogen (secondary N) is 1. The average Bonchev–Trinajstić information content (AvgIpc) is 2.76. The van der Waals surface area contributed by atoms with Crippen molar-refractivity contribution in [1.82, 2.24) is 10.3 Å². The van der Waals surface area contributed by atoms with Crippen LogP contribution in [0.3, 0.4) is 0 Å². The number of para-hydroxylation sites is 2. The zero-order valence-electron chi connectivity index (χ0n) is 16.1. The van der Waals surface area contributed by atoms with Crippen LogP contribution in [0.4, 0.5) is 5.69 Å². The molecule has 1 unspecified atom stereocenters. The molecule has 5 nitrogen and oxygen atoms in total. The summed E-state index contributed by atoms with van der Waals surface area (Å²) < 4.78 is 5.52. The van der Waals surface area contributed by atoms with Crippen molar-refractivity contribution in [3.05, 3.63) is 60.3 Å². The number of benzene rings is 2. The summed E-state index contributed by atoms with van der Waals surface area (Å²) >= 11 is 0. The Bertz CT molecular complexity index is 898. The topological polar surface area (TPSA) is 57.6 Å². The summed E-state index contributed by atoms with van der Waals surface area (Å²) in [4.78, 5) is 6.67. The molecule has 0 aliphatic carbocycles. The van der Waals surface area contributed by atoms with Gasteiger partial charge in [0, 0.05) is 31.2 Å². The molecule has 142 valence electrons. The molecule has 1 aliphatic rings. The number of methoxy groups -OCH3 is 1. The number of anilines is 1. The Balaban J connectivity index is 0.00000102. The average molecular weight is 365 g/mol. The first-order valence-electron chi connectivity index (χ1n) is 9.46. The third-order valence-corrected chi connectivity index (χ3v) is 4.76. The zero-order chi connectivity index (χ0) is 19.2. The number of phenols is 1. The molecule has 5 heteroatoms. The van der Waals surface area contributed by atoms with Crippen molar-refractivity contribution >= 4 is 16.6 Å². The van der Waals surface area contributed by atoms with Crippen molar-refractivity contribution < 1.29 is 9.84 Å². The predicted molar refractivity (Wildman–Crippen MR) is 111 cm³/mol. The van der Waals surface area contributed by atoms with E-state index in [0.717, 1.165) is 42.0 Å². The second-order valence-electron chi connectivity index (χ2n) is 6.20. The maximum atomic E-state index is 10.1. The van der Waals surface area contributed by atoms with Crippen molar-refractivity contribution in [2.24, 2.45) is 0 Å². The lowest BCUT2D eigenvalue weighted by molar-refractivity contribution is 0.409. The number of fused-ring (bicyclic) bond motifs is 1. The van der Waals surface area contributed by atoms with E-state index < -0.39 is 0 Å². The highest BCUT2D eigenvalue weighted by molar-refractivity contribution is 5.87. The van der Waals surface area contributed by atoms with Crippen LogP contribution in [-0.4, -0.2) is 36.8 Å². The Morgan fingerprint density at radius 1 is 1.11 bits per heavy atom. The van der Waals surface area contributed by atoms with E-state index >= 15 is 0 Å². The van der Waals surface area contributed by atoms with E-state index in [2.05, 4.69) is 21.3 Å². The molecule has 0 amide bonds. The molecular formula is C22H27N3O2. The highest BCUT2D eigenvalue weighted by atomic mass is 16.5. The van der Waals surface area contributed by atoms with E-state index in [1.54, 1.807) is 19.4 Å². The minimum absolute atomic E-state index is 0.158. The van der Waals surface area contributed by atoms with Gasteiger partial charge in [0.1, 0.15) is 17.0 Å². The van der Waals surface area contributed by atoms with Gasteiger partial charge in [-0.1, -0.05) is 38.1 Å². The molecule has 0 saturated carbocycles. The molecule has 2 heterocycles. The number of rotatable bonds is 3. The summed E-state index contributed by atoms with van der Waals surface area (Å²) in [6.45, 7) is 6.63. The first-order valence-corrected chi connectivity index (χ1v) is 9.46. The monoisotopic (exact) mass is 365 g/mol. The summed E-state index contributed by atoms with van der Waals surface area (Å²) in [5.41, 5.74) is 2.91. The Morgan fingerprint density at radius 2 is 1.93 bits per heavy atom. The molecule has 1 aliphatic heterocycles. The quantitative estimate of drug-likeness (QED) is 0.731. The number of hydrogen-bond donors (Lipinski definition) is 2. The van der Waals surface area contributed by atoms with Crippen molar-refractivity contribution in [3.63, 3.8) is 0 Å². The molecule has 1 atom stereocenters. The van der Waals surface area contributed by atoms with E-state index in [1.165, 1.54) is 0 Å². The summed E-state index contributed by atoms with van der Waals surface area (Å²) in [6.07, 6.45) is 1.71. The molecular weight excluding hydrogens is 338 g/mol.